The normalized spacial score (nSPS) is 21.8. The van der Waals surface area contributed by atoms with Crippen molar-refractivity contribution >= 4 is 46.2 Å². The number of fused-ring (bicyclic) bond motifs is 15. The van der Waals surface area contributed by atoms with Gasteiger partial charge in [-0.2, -0.15) is 0 Å². The molecule has 0 bridgehead atoms. The van der Waals surface area contributed by atoms with Crippen molar-refractivity contribution in [2.24, 2.45) is 0 Å². The standard InChI is InChI=1S/C72H79BN2/c1-65(2)31-33-67(5,6)52-37-42(25-27-49(52)65)74-58-41-55-54(69(9,10)35-36-70(55,11)12)40-56(58)73-64-59(74)39-46-44-21-17-19-23-47(44)72(15,16)63(46)62(64)61-57(30-29-51-60(61)45-22-18-20-24-48(45)71(51,13)14)75(73)43-26-28-50-53(38-43)68(7,8)34-32-66(50,3)4/h17-30,37-41H,31-36H2,1-16H3. The Balaban J connectivity index is 1.19. The minimum absolute atomic E-state index is 0.0196. The summed E-state index contributed by atoms with van der Waals surface area (Å²) in [5.41, 5.74) is 32.6. The van der Waals surface area contributed by atoms with E-state index in [4.69, 9.17) is 0 Å². The Morgan fingerprint density at radius 2 is 0.800 bits per heavy atom. The van der Waals surface area contributed by atoms with E-state index in [0.717, 1.165) is 0 Å². The van der Waals surface area contributed by atoms with E-state index in [2.05, 4.69) is 236 Å². The van der Waals surface area contributed by atoms with Crippen molar-refractivity contribution in [1.82, 2.24) is 0 Å². The van der Waals surface area contributed by atoms with Crippen LogP contribution in [0.15, 0.2) is 115 Å². The van der Waals surface area contributed by atoms with E-state index in [9.17, 15) is 0 Å². The average molecular weight is 983 g/mol. The summed E-state index contributed by atoms with van der Waals surface area (Å²) in [4.78, 5) is 5.66. The maximum atomic E-state index is 2.87. The Bertz CT molecular complexity index is 3700. The summed E-state index contributed by atoms with van der Waals surface area (Å²) in [5.74, 6) is 0. The summed E-state index contributed by atoms with van der Waals surface area (Å²) in [6.45, 7) is 39.9. The SMILES string of the molecule is CC1(C)CCC(C)(C)c2cc(N3B4c5cc6c(cc5N(c5ccc7c(c5)C(C)(C)CCC7(C)C)c5cc7c(c(c54)-c4c3ccc3c4-c4ccccc4C3(C)C)C(C)(C)c3ccccc3-7)C(C)(C)CCC6(C)C)ccc21. The van der Waals surface area contributed by atoms with Crippen LogP contribution in [0.4, 0.5) is 28.4 Å². The molecule has 380 valence electrons. The molecule has 3 heteroatoms. The van der Waals surface area contributed by atoms with Gasteiger partial charge < -0.3 is 9.71 Å². The van der Waals surface area contributed by atoms with E-state index in [1.807, 2.05) is 0 Å². The Morgan fingerprint density at radius 3 is 1.39 bits per heavy atom. The van der Waals surface area contributed by atoms with Crippen molar-refractivity contribution in [3.63, 3.8) is 0 Å². The van der Waals surface area contributed by atoms with E-state index in [1.54, 1.807) is 0 Å². The number of benzene rings is 7. The molecule has 14 rings (SSSR count). The van der Waals surface area contributed by atoms with E-state index in [0.29, 0.717) is 0 Å². The van der Waals surface area contributed by atoms with Crippen molar-refractivity contribution in [3.05, 3.63) is 171 Å². The van der Waals surface area contributed by atoms with Gasteiger partial charge in [0.1, 0.15) is 0 Å². The number of hydrogen-bond donors (Lipinski definition) is 0. The molecule has 0 spiro atoms. The Hall–Kier alpha value is -5.80. The van der Waals surface area contributed by atoms with Crippen LogP contribution in [0.25, 0.3) is 33.4 Å². The lowest BCUT2D eigenvalue weighted by Crippen LogP contribution is -2.62. The van der Waals surface area contributed by atoms with Gasteiger partial charge in [-0.3, -0.25) is 0 Å². The predicted octanol–water partition coefficient (Wildman–Crippen LogP) is 18.1. The van der Waals surface area contributed by atoms with Crippen molar-refractivity contribution in [2.45, 2.75) is 193 Å². The highest BCUT2D eigenvalue weighted by atomic mass is 15.2. The minimum Gasteiger partial charge on any atom is -0.376 e. The maximum absolute atomic E-state index is 2.87. The number of hydrogen-bond acceptors (Lipinski definition) is 2. The van der Waals surface area contributed by atoms with Crippen molar-refractivity contribution in [3.8, 4) is 33.4 Å². The quantitative estimate of drug-likeness (QED) is 0.159. The van der Waals surface area contributed by atoms with Gasteiger partial charge in [-0.05, 0) is 208 Å². The fourth-order valence-corrected chi connectivity index (χ4v) is 16.6. The van der Waals surface area contributed by atoms with E-state index in [-0.39, 0.29) is 50.2 Å². The Morgan fingerprint density at radius 1 is 0.333 bits per heavy atom. The third-order valence-electron chi connectivity index (χ3n) is 21.6. The monoisotopic (exact) mass is 983 g/mol. The van der Waals surface area contributed by atoms with Gasteiger partial charge in [0, 0.05) is 44.8 Å². The molecule has 75 heavy (non-hydrogen) atoms. The van der Waals surface area contributed by atoms with Gasteiger partial charge >= 0.3 is 6.85 Å². The Kier molecular flexibility index (Phi) is 9.28. The van der Waals surface area contributed by atoms with Crippen LogP contribution in [0.3, 0.4) is 0 Å². The molecule has 0 radical (unpaired) electrons. The zero-order valence-electron chi connectivity index (χ0n) is 48.2. The van der Waals surface area contributed by atoms with Gasteiger partial charge in [0.25, 0.3) is 0 Å². The van der Waals surface area contributed by atoms with E-state index < -0.39 is 0 Å². The minimum atomic E-state index is -0.257. The molecule has 0 amide bonds. The molecule has 2 heterocycles. The first-order valence-electron chi connectivity index (χ1n) is 28.8. The largest absolute Gasteiger partial charge is 0.376 e. The van der Waals surface area contributed by atoms with Crippen LogP contribution in [-0.4, -0.2) is 6.85 Å². The summed E-state index contributed by atoms with van der Waals surface area (Å²) < 4.78 is 0. The van der Waals surface area contributed by atoms with E-state index in [1.165, 1.54) is 167 Å². The van der Waals surface area contributed by atoms with Gasteiger partial charge in [0.05, 0.1) is 0 Å². The lowest BCUT2D eigenvalue weighted by molar-refractivity contribution is 0.332. The highest BCUT2D eigenvalue weighted by Crippen LogP contribution is 2.63. The summed E-state index contributed by atoms with van der Waals surface area (Å²) in [6.07, 6.45) is 7.08. The topological polar surface area (TPSA) is 6.48 Å². The molecule has 0 fully saturated rings. The molecule has 7 aliphatic rings. The fourth-order valence-electron chi connectivity index (χ4n) is 16.6. The molecular weight excluding hydrogens is 904 g/mol. The van der Waals surface area contributed by atoms with Gasteiger partial charge in [-0.1, -0.05) is 184 Å². The molecule has 0 aromatic heterocycles. The van der Waals surface area contributed by atoms with E-state index >= 15 is 0 Å². The van der Waals surface area contributed by atoms with Crippen molar-refractivity contribution in [2.75, 3.05) is 9.71 Å². The average Bonchev–Trinajstić information content (AvgIpc) is 3.85. The van der Waals surface area contributed by atoms with Crippen LogP contribution < -0.4 is 20.6 Å². The number of rotatable bonds is 2. The number of anilines is 5. The third kappa shape index (κ3) is 6.17. The lowest BCUT2D eigenvalue weighted by atomic mass is 9.41. The Labute approximate surface area is 450 Å². The summed E-state index contributed by atoms with van der Waals surface area (Å²) in [5, 5.41) is 0. The van der Waals surface area contributed by atoms with Crippen LogP contribution in [0, 0.1) is 0 Å². The van der Waals surface area contributed by atoms with Crippen LogP contribution in [0.2, 0.25) is 0 Å². The predicted molar refractivity (Wildman–Crippen MR) is 321 cm³/mol. The molecule has 7 aromatic rings. The summed E-state index contributed by atoms with van der Waals surface area (Å²) >= 11 is 0. The molecule has 0 N–H and O–H groups in total. The molecule has 2 nitrogen and oxygen atoms in total. The molecule has 0 saturated heterocycles. The number of nitrogens with zero attached hydrogens (tertiary/aromatic N) is 2. The van der Waals surface area contributed by atoms with Gasteiger partial charge in [-0.15, -0.1) is 0 Å². The molecule has 0 unspecified atom stereocenters. The zero-order valence-corrected chi connectivity index (χ0v) is 48.2. The molecule has 7 aromatic carbocycles. The van der Waals surface area contributed by atoms with Gasteiger partial charge in [0.15, 0.2) is 0 Å². The molecule has 0 atom stereocenters. The zero-order chi connectivity index (χ0) is 52.7. The highest BCUT2D eigenvalue weighted by Gasteiger charge is 2.54. The van der Waals surface area contributed by atoms with Crippen LogP contribution in [-0.2, 0) is 43.3 Å². The van der Waals surface area contributed by atoms with Gasteiger partial charge in [0.2, 0.25) is 0 Å². The second-order valence-electron chi connectivity index (χ2n) is 29.7. The molecule has 0 saturated carbocycles. The second-order valence-corrected chi connectivity index (χ2v) is 29.7. The van der Waals surface area contributed by atoms with Crippen LogP contribution in [0.1, 0.15) is 205 Å². The first-order valence-corrected chi connectivity index (χ1v) is 28.8. The fraction of sp³-hybridized carbons (Fsp3) is 0.417. The highest BCUT2D eigenvalue weighted by molar-refractivity contribution is 6.93. The lowest BCUT2D eigenvalue weighted by Gasteiger charge is -2.50. The molecule has 5 aliphatic carbocycles. The second kappa shape index (κ2) is 14.6. The summed E-state index contributed by atoms with van der Waals surface area (Å²) in [7, 11) is 0. The first-order chi connectivity index (χ1) is 35.2. The van der Waals surface area contributed by atoms with Crippen molar-refractivity contribution in [1.29, 1.82) is 0 Å². The molecule has 2 aliphatic heterocycles. The maximum Gasteiger partial charge on any atom is 0.333 e. The van der Waals surface area contributed by atoms with Crippen LogP contribution in [0.5, 0.6) is 0 Å². The third-order valence-corrected chi connectivity index (χ3v) is 21.6. The summed E-state index contributed by atoms with van der Waals surface area (Å²) in [6, 6.07) is 47.5. The smallest absolute Gasteiger partial charge is 0.333 e. The van der Waals surface area contributed by atoms with Crippen molar-refractivity contribution < 1.29 is 0 Å². The first kappa shape index (κ1) is 47.6. The molecular formula is C72H79BN2. The van der Waals surface area contributed by atoms with Gasteiger partial charge in [-0.25, -0.2) is 0 Å². The van der Waals surface area contributed by atoms with Crippen LogP contribution >= 0.6 is 0 Å².